The first-order valence-corrected chi connectivity index (χ1v) is 19.3. The van der Waals surface area contributed by atoms with Crippen LogP contribution >= 0.6 is 22.7 Å². The maximum atomic E-state index is 6.77. The summed E-state index contributed by atoms with van der Waals surface area (Å²) >= 11 is 3.58. The fourth-order valence-corrected chi connectivity index (χ4v) is 9.93. The van der Waals surface area contributed by atoms with E-state index in [0.717, 1.165) is 33.4 Å². The third kappa shape index (κ3) is 4.60. The van der Waals surface area contributed by atoms with E-state index in [0.29, 0.717) is 0 Å². The van der Waals surface area contributed by atoms with E-state index in [1.807, 2.05) is 6.08 Å². The smallest absolute Gasteiger partial charge is 0.136 e. The summed E-state index contributed by atoms with van der Waals surface area (Å²) < 4.78 is 6.77. The Labute approximate surface area is 310 Å². The van der Waals surface area contributed by atoms with E-state index >= 15 is 0 Å². The normalized spacial score (nSPS) is 12.1. The summed E-state index contributed by atoms with van der Waals surface area (Å²) in [4.78, 5) is 2.56. The third-order valence-electron chi connectivity index (χ3n) is 10.4. The highest BCUT2D eigenvalue weighted by Crippen LogP contribution is 2.48. The molecule has 0 aliphatic heterocycles. The standard InChI is InChI=1S/C49H32OS2/c1-3-31(46-34-17-7-11-21-38(34)49(44-24-14-28-52-44)39-22-12-8-18-35(39)46)47-40-26-25-30(29-42(40)50-41(47)4-2)45-32-15-5-9-19-36(32)48(43-23-13-27-51-43)37-20-10-6-16-33(37)45/h3-29H,2H2,1H3/b31-3-. The van der Waals surface area contributed by atoms with Gasteiger partial charge in [-0.2, -0.15) is 0 Å². The number of hydrogen-bond donors (Lipinski definition) is 0. The molecule has 0 atom stereocenters. The Morgan fingerprint density at radius 3 is 1.40 bits per heavy atom. The Bertz CT molecular complexity index is 2910. The molecule has 0 radical (unpaired) electrons. The van der Waals surface area contributed by atoms with Crippen LogP contribution in [0.5, 0.6) is 0 Å². The number of furan rings is 1. The van der Waals surface area contributed by atoms with E-state index in [-0.39, 0.29) is 0 Å². The predicted molar refractivity (Wildman–Crippen MR) is 228 cm³/mol. The molecule has 0 spiro atoms. The minimum Gasteiger partial charge on any atom is -0.456 e. The molecule has 7 aromatic carbocycles. The van der Waals surface area contributed by atoms with Crippen LogP contribution in [-0.4, -0.2) is 0 Å². The van der Waals surface area contributed by atoms with Gasteiger partial charge < -0.3 is 4.42 Å². The number of hydrogen-bond acceptors (Lipinski definition) is 3. The molecule has 10 aromatic rings. The van der Waals surface area contributed by atoms with E-state index in [2.05, 4.69) is 170 Å². The monoisotopic (exact) mass is 700 g/mol. The van der Waals surface area contributed by atoms with Crippen molar-refractivity contribution in [1.29, 1.82) is 0 Å². The van der Waals surface area contributed by atoms with Crippen LogP contribution in [-0.2, 0) is 0 Å². The molecule has 0 saturated carbocycles. The van der Waals surface area contributed by atoms with E-state index in [1.54, 1.807) is 22.7 Å². The molecule has 0 fully saturated rings. The van der Waals surface area contributed by atoms with Crippen molar-refractivity contribution < 1.29 is 4.42 Å². The highest BCUT2D eigenvalue weighted by Gasteiger charge is 2.24. The van der Waals surface area contributed by atoms with Crippen molar-refractivity contribution in [1.82, 2.24) is 0 Å². The molecule has 10 rings (SSSR count). The van der Waals surface area contributed by atoms with Crippen LogP contribution in [0.2, 0.25) is 0 Å². The highest BCUT2D eigenvalue weighted by atomic mass is 32.1. The zero-order valence-corrected chi connectivity index (χ0v) is 30.2. The molecule has 0 aliphatic carbocycles. The minimum absolute atomic E-state index is 0.776. The Morgan fingerprint density at radius 2 is 0.962 bits per heavy atom. The van der Waals surface area contributed by atoms with Gasteiger partial charge in [0, 0.05) is 31.8 Å². The second-order valence-electron chi connectivity index (χ2n) is 13.1. The first-order valence-electron chi connectivity index (χ1n) is 17.6. The molecule has 52 heavy (non-hydrogen) atoms. The fraction of sp³-hybridized carbons (Fsp3) is 0.0204. The van der Waals surface area contributed by atoms with Gasteiger partial charge in [-0.05, 0) is 113 Å². The van der Waals surface area contributed by atoms with Crippen molar-refractivity contribution in [2.45, 2.75) is 6.92 Å². The van der Waals surface area contributed by atoms with Crippen LogP contribution in [0.25, 0.3) is 97.7 Å². The first kappa shape index (κ1) is 30.8. The van der Waals surface area contributed by atoms with Gasteiger partial charge in [-0.15, -0.1) is 22.7 Å². The molecular weight excluding hydrogens is 669 g/mol. The third-order valence-corrected chi connectivity index (χ3v) is 12.2. The lowest BCUT2D eigenvalue weighted by Gasteiger charge is -2.19. The van der Waals surface area contributed by atoms with Crippen LogP contribution in [0.3, 0.4) is 0 Å². The summed E-state index contributed by atoms with van der Waals surface area (Å²) in [6.07, 6.45) is 4.11. The van der Waals surface area contributed by atoms with E-state index in [1.165, 1.54) is 75.1 Å². The molecule has 246 valence electrons. The van der Waals surface area contributed by atoms with Crippen molar-refractivity contribution >= 4 is 88.4 Å². The Hall–Kier alpha value is -6.00. The average molecular weight is 701 g/mol. The minimum atomic E-state index is 0.776. The average Bonchev–Trinajstić information content (AvgIpc) is 3.99. The summed E-state index contributed by atoms with van der Waals surface area (Å²) in [6, 6.07) is 50.8. The van der Waals surface area contributed by atoms with Crippen molar-refractivity contribution in [3.63, 3.8) is 0 Å². The summed E-state index contributed by atoms with van der Waals surface area (Å²) in [6.45, 7) is 6.39. The molecule has 3 heterocycles. The lowest BCUT2D eigenvalue weighted by atomic mass is 9.84. The lowest BCUT2D eigenvalue weighted by Crippen LogP contribution is -1.95. The van der Waals surface area contributed by atoms with Crippen molar-refractivity contribution in [2.24, 2.45) is 0 Å². The summed E-state index contributed by atoms with van der Waals surface area (Å²) in [5.41, 5.74) is 9.21. The summed E-state index contributed by atoms with van der Waals surface area (Å²) in [7, 11) is 0. The highest BCUT2D eigenvalue weighted by molar-refractivity contribution is 7.14. The van der Waals surface area contributed by atoms with Gasteiger partial charge in [-0.1, -0.05) is 128 Å². The van der Waals surface area contributed by atoms with E-state index in [9.17, 15) is 0 Å². The van der Waals surface area contributed by atoms with Gasteiger partial charge in [0.05, 0.1) is 0 Å². The predicted octanol–water partition coefficient (Wildman–Crippen LogP) is 15.3. The zero-order chi connectivity index (χ0) is 34.8. The van der Waals surface area contributed by atoms with Crippen molar-refractivity contribution in [3.8, 4) is 32.0 Å². The summed E-state index contributed by atoms with van der Waals surface area (Å²) in [5, 5.41) is 15.3. The first-order chi connectivity index (χ1) is 25.7. The van der Waals surface area contributed by atoms with Crippen molar-refractivity contribution in [2.75, 3.05) is 0 Å². The largest absolute Gasteiger partial charge is 0.456 e. The molecule has 0 aliphatic rings. The molecular formula is C49H32OS2. The molecule has 1 nitrogen and oxygen atoms in total. The van der Waals surface area contributed by atoms with Crippen LogP contribution < -0.4 is 0 Å². The Kier molecular flexibility index (Phi) is 7.31. The molecule has 3 heteroatoms. The number of rotatable bonds is 6. The number of thiophene rings is 2. The van der Waals surface area contributed by atoms with Gasteiger partial charge in [0.15, 0.2) is 0 Å². The molecule has 0 bridgehead atoms. The molecule has 0 unspecified atom stereocenters. The fourth-order valence-electron chi connectivity index (χ4n) is 8.34. The van der Waals surface area contributed by atoms with Crippen molar-refractivity contribution in [3.05, 3.63) is 180 Å². The zero-order valence-electron chi connectivity index (χ0n) is 28.5. The number of fused-ring (bicyclic) bond motifs is 5. The van der Waals surface area contributed by atoms with Gasteiger partial charge in [-0.25, -0.2) is 0 Å². The van der Waals surface area contributed by atoms with Crippen LogP contribution in [0.4, 0.5) is 0 Å². The van der Waals surface area contributed by atoms with E-state index in [4.69, 9.17) is 4.42 Å². The molecule has 0 saturated heterocycles. The Balaban J connectivity index is 1.23. The van der Waals surface area contributed by atoms with Gasteiger partial charge in [-0.3, -0.25) is 0 Å². The van der Waals surface area contributed by atoms with E-state index < -0.39 is 0 Å². The maximum Gasteiger partial charge on any atom is 0.136 e. The second kappa shape index (κ2) is 12.3. The number of allylic oxidation sites excluding steroid dienone is 1. The molecule has 0 N–H and O–H groups in total. The lowest BCUT2D eigenvalue weighted by molar-refractivity contribution is 0.603. The van der Waals surface area contributed by atoms with Gasteiger partial charge in [0.2, 0.25) is 0 Å². The quantitative estimate of drug-likeness (QED) is 0.157. The van der Waals surface area contributed by atoms with Crippen LogP contribution in [0.1, 0.15) is 23.8 Å². The molecule has 0 amide bonds. The van der Waals surface area contributed by atoms with Crippen LogP contribution in [0.15, 0.2) is 167 Å². The summed E-state index contributed by atoms with van der Waals surface area (Å²) in [5.74, 6) is 0.776. The topological polar surface area (TPSA) is 13.1 Å². The van der Waals surface area contributed by atoms with Gasteiger partial charge >= 0.3 is 0 Å². The van der Waals surface area contributed by atoms with Crippen LogP contribution in [0, 0.1) is 0 Å². The Morgan fingerprint density at radius 1 is 0.500 bits per heavy atom. The number of benzene rings is 7. The molecule has 3 aromatic heterocycles. The maximum absolute atomic E-state index is 6.77. The second-order valence-corrected chi connectivity index (χ2v) is 15.0. The van der Waals surface area contributed by atoms with Gasteiger partial charge in [0.1, 0.15) is 11.3 Å². The van der Waals surface area contributed by atoms with Gasteiger partial charge in [0.25, 0.3) is 0 Å². The SMILES string of the molecule is C=Cc1oc2cc(-c3c4ccccc4c(-c4cccs4)c4ccccc34)ccc2c1/C(=C\C)c1c2ccccc2c(-c2cccs2)c2ccccc12.